The van der Waals surface area contributed by atoms with E-state index in [1.54, 1.807) is 6.26 Å². The van der Waals surface area contributed by atoms with Crippen molar-refractivity contribution in [3.8, 4) is 0 Å². The number of nitrogens with one attached hydrogen (secondary N) is 2. The SMILES string of the molecule is CC(C(=O)NC(C)Cc1ccco1)=C1CNC1. The van der Waals surface area contributed by atoms with E-state index in [0.29, 0.717) is 0 Å². The lowest BCUT2D eigenvalue weighted by Crippen LogP contribution is -2.40. The van der Waals surface area contributed by atoms with E-state index < -0.39 is 0 Å². The summed E-state index contributed by atoms with van der Waals surface area (Å²) in [5, 5.41) is 6.12. The van der Waals surface area contributed by atoms with Crippen molar-refractivity contribution in [2.45, 2.75) is 26.3 Å². The number of amides is 1. The number of carbonyl (C=O) groups is 1. The average molecular weight is 234 g/mol. The van der Waals surface area contributed by atoms with Gasteiger partial charge in [-0.15, -0.1) is 0 Å². The fraction of sp³-hybridized carbons (Fsp3) is 0.462. The Bertz CT molecular complexity index is 415. The van der Waals surface area contributed by atoms with Crippen molar-refractivity contribution in [3.63, 3.8) is 0 Å². The minimum Gasteiger partial charge on any atom is -0.469 e. The van der Waals surface area contributed by atoms with E-state index in [2.05, 4.69) is 10.6 Å². The Balaban J connectivity index is 1.86. The zero-order chi connectivity index (χ0) is 12.3. The third kappa shape index (κ3) is 2.97. The highest BCUT2D eigenvalue weighted by Gasteiger charge is 2.17. The van der Waals surface area contributed by atoms with Gasteiger partial charge < -0.3 is 15.1 Å². The molecule has 0 bridgehead atoms. The monoisotopic (exact) mass is 234 g/mol. The summed E-state index contributed by atoms with van der Waals surface area (Å²) in [5.41, 5.74) is 2.04. The Morgan fingerprint density at radius 3 is 2.88 bits per heavy atom. The van der Waals surface area contributed by atoms with E-state index in [-0.39, 0.29) is 11.9 Å². The predicted molar refractivity (Wildman–Crippen MR) is 65.6 cm³/mol. The highest BCUT2D eigenvalue weighted by atomic mass is 16.3. The number of furan rings is 1. The standard InChI is InChI=1S/C13H18N2O2/c1-9(6-12-4-3-5-17-12)15-13(16)10(2)11-7-14-8-11/h3-5,9,14H,6-8H2,1-2H3,(H,15,16). The van der Waals surface area contributed by atoms with Crippen LogP contribution in [0.25, 0.3) is 0 Å². The van der Waals surface area contributed by atoms with Crippen LogP contribution in [0.15, 0.2) is 34.0 Å². The first-order valence-electron chi connectivity index (χ1n) is 5.89. The van der Waals surface area contributed by atoms with Crippen molar-refractivity contribution in [3.05, 3.63) is 35.3 Å². The second-order valence-corrected chi connectivity index (χ2v) is 4.49. The number of carbonyl (C=O) groups excluding carboxylic acids is 1. The van der Waals surface area contributed by atoms with Gasteiger partial charge in [-0.05, 0) is 31.6 Å². The largest absolute Gasteiger partial charge is 0.469 e. The maximum absolute atomic E-state index is 11.9. The molecule has 1 unspecified atom stereocenters. The number of rotatable bonds is 4. The smallest absolute Gasteiger partial charge is 0.247 e. The Labute approximate surface area is 101 Å². The second kappa shape index (κ2) is 5.19. The van der Waals surface area contributed by atoms with Crippen molar-refractivity contribution in [2.75, 3.05) is 13.1 Å². The first-order valence-corrected chi connectivity index (χ1v) is 5.89. The normalized spacial score (nSPS) is 16.2. The minimum atomic E-state index is 0.0283. The summed E-state index contributed by atoms with van der Waals surface area (Å²) in [4.78, 5) is 11.9. The molecule has 92 valence electrons. The van der Waals surface area contributed by atoms with Gasteiger partial charge in [0.15, 0.2) is 0 Å². The van der Waals surface area contributed by atoms with Gasteiger partial charge in [0, 0.05) is 31.1 Å². The van der Waals surface area contributed by atoms with E-state index in [0.717, 1.165) is 30.8 Å². The van der Waals surface area contributed by atoms with Crippen LogP contribution in [0.4, 0.5) is 0 Å². The molecule has 2 N–H and O–H groups in total. The molecule has 0 saturated carbocycles. The van der Waals surface area contributed by atoms with Gasteiger partial charge >= 0.3 is 0 Å². The summed E-state index contributed by atoms with van der Waals surface area (Å²) in [6.07, 6.45) is 2.37. The topological polar surface area (TPSA) is 54.3 Å². The Kier molecular flexibility index (Phi) is 3.64. The molecule has 1 aliphatic rings. The van der Waals surface area contributed by atoms with Crippen LogP contribution in [0.3, 0.4) is 0 Å². The summed E-state index contributed by atoms with van der Waals surface area (Å²) in [7, 11) is 0. The molecule has 1 aromatic heterocycles. The Morgan fingerprint density at radius 1 is 1.59 bits per heavy atom. The molecular formula is C13H18N2O2. The maximum atomic E-state index is 11.9. The molecular weight excluding hydrogens is 216 g/mol. The van der Waals surface area contributed by atoms with E-state index >= 15 is 0 Å². The van der Waals surface area contributed by atoms with Gasteiger partial charge in [-0.25, -0.2) is 0 Å². The molecule has 0 aliphatic carbocycles. The van der Waals surface area contributed by atoms with Crippen molar-refractivity contribution >= 4 is 5.91 Å². The van der Waals surface area contributed by atoms with Gasteiger partial charge in [0.1, 0.15) is 5.76 Å². The van der Waals surface area contributed by atoms with Crippen LogP contribution in [0.5, 0.6) is 0 Å². The van der Waals surface area contributed by atoms with Crippen molar-refractivity contribution in [1.82, 2.24) is 10.6 Å². The molecule has 1 amide bonds. The predicted octanol–water partition coefficient (Wildman–Crippen LogP) is 1.25. The molecule has 1 atom stereocenters. The zero-order valence-electron chi connectivity index (χ0n) is 10.2. The minimum absolute atomic E-state index is 0.0283. The molecule has 2 rings (SSSR count). The van der Waals surface area contributed by atoms with Crippen LogP contribution in [0, 0.1) is 0 Å². The molecule has 1 aromatic rings. The van der Waals surface area contributed by atoms with Crippen LogP contribution in [0.1, 0.15) is 19.6 Å². The van der Waals surface area contributed by atoms with Crippen LogP contribution < -0.4 is 10.6 Å². The number of hydrogen-bond donors (Lipinski definition) is 2. The lowest BCUT2D eigenvalue weighted by molar-refractivity contribution is -0.118. The van der Waals surface area contributed by atoms with Crippen molar-refractivity contribution in [2.24, 2.45) is 0 Å². The second-order valence-electron chi connectivity index (χ2n) is 4.49. The lowest BCUT2D eigenvalue weighted by Gasteiger charge is -2.22. The quantitative estimate of drug-likeness (QED) is 0.771. The van der Waals surface area contributed by atoms with E-state index in [1.165, 1.54) is 5.57 Å². The van der Waals surface area contributed by atoms with Gasteiger partial charge in [0.05, 0.1) is 6.26 Å². The molecule has 17 heavy (non-hydrogen) atoms. The van der Waals surface area contributed by atoms with Gasteiger partial charge in [0.2, 0.25) is 5.91 Å². The molecule has 1 fully saturated rings. The molecule has 0 spiro atoms. The molecule has 1 aliphatic heterocycles. The van der Waals surface area contributed by atoms with E-state index in [4.69, 9.17) is 4.42 Å². The maximum Gasteiger partial charge on any atom is 0.247 e. The molecule has 1 saturated heterocycles. The molecule has 0 aromatic carbocycles. The van der Waals surface area contributed by atoms with Gasteiger partial charge in [-0.1, -0.05) is 0 Å². The fourth-order valence-electron chi connectivity index (χ4n) is 1.79. The third-order valence-electron chi connectivity index (χ3n) is 3.01. The average Bonchev–Trinajstić information content (AvgIpc) is 2.67. The number of hydrogen-bond acceptors (Lipinski definition) is 3. The molecule has 4 heteroatoms. The van der Waals surface area contributed by atoms with Crippen LogP contribution in [-0.4, -0.2) is 25.0 Å². The van der Waals surface area contributed by atoms with E-state index in [9.17, 15) is 4.79 Å². The first-order chi connectivity index (χ1) is 8.16. The van der Waals surface area contributed by atoms with Crippen LogP contribution in [0.2, 0.25) is 0 Å². The Hall–Kier alpha value is -1.55. The Morgan fingerprint density at radius 2 is 2.35 bits per heavy atom. The summed E-state index contributed by atoms with van der Waals surface area (Å²) >= 11 is 0. The highest BCUT2D eigenvalue weighted by molar-refractivity contribution is 5.94. The van der Waals surface area contributed by atoms with Crippen LogP contribution in [-0.2, 0) is 11.2 Å². The summed E-state index contributed by atoms with van der Waals surface area (Å²) in [6.45, 7) is 5.54. The highest BCUT2D eigenvalue weighted by Crippen LogP contribution is 2.10. The first kappa shape index (κ1) is 11.9. The van der Waals surface area contributed by atoms with Gasteiger partial charge in [0.25, 0.3) is 0 Å². The zero-order valence-corrected chi connectivity index (χ0v) is 10.2. The van der Waals surface area contributed by atoms with E-state index in [1.807, 2.05) is 26.0 Å². The van der Waals surface area contributed by atoms with Crippen LogP contribution >= 0.6 is 0 Å². The van der Waals surface area contributed by atoms with Gasteiger partial charge in [-0.3, -0.25) is 4.79 Å². The van der Waals surface area contributed by atoms with Gasteiger partial charge in [-0.2, -0.15) is 0 Å². The summed E-state index contributed by atoms with van der Waals surface area (Å²) < 4.78 is 5.25. The summed E-state index contributed by atoms with van der Waals surface area (Å²) in [6, 6.07) is 3.86. The molecule has 0 radical (unpaired) electrons. The third-order valence-corrected chi connectivity index (χ3v) is 3.01. The van der Waals surface area contributed by atoms with Crippen molar-refractivity contribution < 1.29 is 9.21 Å². The van der Waals surface area contributed by atoms with Crippen molar-refractivity contribution in [1.29, 1.82) is 0 Å². The molecule has 4 nitrogen and oxygen atoms in total. The fourth-order valence-corrected chi connectivity index (χ4v) is 1.79. The molecule has 2 heterocycles. The summed E-state index contributed by atoms with van der Waals surface area (Å²) in [5.74, 6) is 0.925. The lowest BCUT2D eigenvalue weighted by atomic mass is 10.0.